The fourth-order valence-corrected chi connectivity index (χ4v) is 3.89. The molecule has 3 rings (SSSR count). The van der Waals surface area contributed by atoms with Gasteiger partial charge in [0.25, 0.3) is 0 Å². The monoisotopic (exact) mass is 264 g/mol. The minimum Gasteiger partial charge on any atom is -0.314 e. The molecule has 100 valence electrons. The van der Waals surface area contributed by atoms with E-state index in [0.29, 0.717) is 0 Å². The van der Waals surface area contributed by atoms with Crippen LogP contribution in [0.5, 0.6) is 0 Å². The molecule has 1 aromatic heterocycles. The van der Waals surface area contributed by atoms with Crippen molar-refractivity contribution in [1.82, 2.24) is 10.3 Å². The van der Waals surface area contributed by atoms with Crippen LogP contribution in [0.15, 0.2) is 11.6 Å². The van der Waals surface area contributed by atoms with Gasteiger partial charge >= 0.3 is 0 Å². The Kier molecular flexibility index (Phi) is 4.32. The number of hydrogen-bond acceptors (Lipinski definition) is 3. The van der Waals surface area contributed by atoms with Crippen molar-refractivity contribution in [3.05, 3.63) is 16.6 Å². The molecule has 0 aromatic carbocycles. The van der Waals surface area contributed by atoms with Crippen molar-refractivity contribution in [3.8, 4) is 0 Å². The van der Waals surface area contributed by atoms with Crippen molar-refractivity contribution in [2.45, 2.75) is 57.4 Å². The first-order chi connectivity index (χ1) is 8.92. The highest BCUT2D eigenvalue weighted by molar-refractivity contribution is 7.09. The predicted octanol–water partition coefficient (Wildman–Crippen LogP) is 3.63. The molecule has 0 aliphatic heterocycles. The predicted molar refractivity (Wildman–Crippen MR) is 76.9 cm³/mol. The Bertz CT molecular complexity index is 345. The molecule has 1 N–H and O–H groups in total. The van der Waals surface area contributed by atoms with Crippen molar-refractivity contribution < 1.29 is 0 Å². The average Bonchev–Trinajstić information content (AvgIpc) is 3.11. The van der Waals surface area contributed by atoms with Crippen LogP contribution < -0.4 is 5.32 Å². The third kappa shape index (κ3) is 3.55. The van der Waals surface area contributed by atoms with Gasteiger partial charge in [0, 0.05) is 24.0 Å². The Morgan fingerprint density at radius 3 is 2.67 bits per heavy atom. The summed E-state index contributed by atoms with van der Waals surface area (Å²) in [4.78, 5) is 4.48. The third-order valence-corrected chi connectivity index (χ3v) is 5.28. The zero-order chi connectivity index (χ0) is 12.2. The zero-order valence-electron chi connectivity index (χ0n) is 11.1. The van der Waals surface area contributed by atoms with E-state index in [1.807, 2.05) is 17.5 Å². The van der Waals surface area contributed by atoms with E-state index in [4.69, 9.17) is 0 Å². The molecule has 0 amide bonds. The lowest BCUT2D eigenvalue weighted by atomic mass is 9.85. The summed E-state index contributed by atoms with van der Waals surface area (Å²) < 4.78 is 0. The van der Waals surface area contributed by atoms with Gasteiger partial charge in [-0.05, 0) is 44.1 Å². The van der Waals surface area contributed by atoms with Gasteiger partial charge in [-0.2, -0.15) is 0 Å². The van der Waals surface area contributed by atoms with E-state index in [1.165, 1.54) is 62.9 Å². The van der Waals surface area contributed by atoms with Crippen LogP contribution in [0.4, 0.5) is 0 Å². The Balaban J connectivity index is 1.58. The molecule has 18 heavy (non-hydrogen) atoms. The van der Waals surface area contributed by atoms with Gasteiger partial charge in [-0.3, -0.25) is 0 Å². The van der Waals surface area contributed by atoms with Gasteiger partial charge in [-0.1, -0.05) is 19.3 Å². The second-order valence-corrected chi connectivity index (χ2v) is 6.95. The molecular weight excluding hydrogens is 240 g/mol. The summed E-state index contributed by atoms with van der Waals surface area (Å²) in [5.41, 5.74) is 0. The lowest BCUT2D eigenvalue weighted by Crippen LogP contribution is -2.30. The van der Waals surface area contributed by atoms with Gasteiger partial charge < -0.3 is 5.32 Å². The quantitative estimate of drug-likeness (QED) is 0.821. The van der Waals surface area contributed by atoms with Crippen LogP contribution >= 0.6 is 11.3 Å². The summed E-state index contributed by atoms with van der Waals surface area (Å²) in [5.74, 6) is 1.75. The smallest absolute Gasteiger partial charge is 0.0927 e. The average molecular weight is 264 g/mol. The highest BCUT2D eigenvalue weighted by atomic mass is 32.1. The van der Waals surface area contributed by atoms with E-state index in [-0.39, 0.29) is 0 Å². The maximum absolute atomic E-state index is 4.48. The Labute approximate surface area is 114 Å². The first-order valence-electron chi connectivity index (χ1n) is 7.53. The van der Waals surface area contributed by atoms with Crippen molar-refractivity contribution in [3.63, 3.8) is 0 Å². The highest BCUT2D eigenvalue weighted by Crippen LogP contribution is 2.32. The Hall–Kier alpha value is -0.410. The molecule has 2 aliphatic rings. The van der Waals surface area contributed by atoms with Crippen LogP contribution in [0.1, 0.15) is 50.0 Å². The molecule has 0 spiro atoms. The van der Waals surface area contributed by atoms with Crippen LogP contribution in [0.3, 0.4) is 0 Å². The summed E-state index contributed by atoms with van der Waals surface area (Å²) in [6, 6.07) is 0.855. The number of rotatable bonds is 5. The topological polar surface area (TPSA) is 24.9 Å². The van der Waals surface area contributed by atoms with Gasteiger partial charge in [0.1, 0.15) is 0 Å². The standard InChI is InChI=1S/C15H24N2S/c1-2-4-12(10-15-16-8-9-18-15)13(5-3-1)11-17-14-6-7-14/h8-9,12-14,17H,1-7,10-11H2. The number of nitrogens with one attached hydrogen (secondary N) is 1. The van der Waals surface area contributed by atoms with Crippen LogP contribution in [-0.4, -0.2) is 17.6 Å². The third-order valence-electron chi connectivity index (χ3n) is 4.48. The fourth-order valence-electron chi connectivity index (χ4n) is 3.18. The molecule has 2 atom stereocenters. The summed E-state index contributed by atoms with van der Waals surface area (Å²) in [6.45, 7) is 1.25. The summed E-state index contributed by atoms with van der Waals surface area (Å²) >= 11 is 1.83. The first-order valence-corrected chi connectivity index (χ1v) is 8.41. The molecule has 1 aromatic rings. The molecule has 2 fully saturated rings. The van der Waals surface area contributed by atoms with Crippen LogP contribution in [0, 0.1) is 11.8 Å². The van der Waals surface area contributed by atoms with Crippen molar-refractivity contribution >= 4 is 11.3 Å². The van der Waals surface area contributed by atoms with E-state index in [0.717, 1.165) is 17.9 Å². The zero-order valence-corrected chi connectivity index (χ0v) is 11.9. The van der Waals surface area contributed by atoms with Crippen molar-refractivity contribution in [2.24, 2.45) is 11.8 Å². The van der Waals surface area contributed by atoms with Gasteiger partial charge in [0.05, 0.1) is 5.01 Å². The normalized spacial score (nSPS) is 29.1. The molecule has 0 bridgehead atoms. The lowest BCUT2D eigenvalue weighted by molar-refractivity contribution is 0.297. The number of aromatic nitrogens is 1. The Morgan fingerprint density at radius 1 is 1.11 bits per heavy atom. The van der Waals surface area contributed by atoms with Crippen molar-refractivity contribution in [1.29, 1.82) is 0 Å². The van der Waals surface area contributed by atoms with Crippen LogP contribution in [-0.2, 0) is 6.42 Å². The molecule has 2 aliphatic carbocycles. The molecule has 3 heteroatoms. The molecule has 0 radical (unpaired) electrons. The maximum Gasteiger partial charge on any atom is 0.0927 e. The largest absolute Gasteiger partial charge is 0.314 e. The van der Waals surface area contributed by atoms with Crippen LogP contribution in [0.25, 0.3) is 0 Å². The van der Waals surface area contributed by atoms with Gasteiger partial charge in [0.15, 0.2) is 0 Å². The van der Waals surface area contributed by atoms with Gasteiger partial charge in [-0.15, -0.1) is 11.3 Å². The number of hydrogen-bond donors (Lipinski definition) is 1. The fraction of sp³-hybridized carbons (Fsp3) is 0.800. The Morgan fingerprint density at radius 2 is 1.94 bits per heavy atom. The second-order valence-electron chi connectivity index (χ2n) is 5.97. The molecule has 1 heterocycles. The summed E-state index contributed by atoms with van der Waals surface area (Å²) in [5, 5.41) is 7.21. The van der Waals surface area contributed by atoms with Crippen LogP contribution in [0.2, 0.25) is 0 Å². The van der Waals surface area contributed by atoms with E-state index in [1.54, 1.807) is 0 Å². The number of thiazole rings is 1. The maximum atomic E-state index is 4.48. The summed E-state index contributed by atoms with van der Waals surface area (Å²) in [7, 11) is 0. The SMILES string of the molecule is c1csc(CC2CCCCCC2CNC2CC2)n1. The highest BCUT2D eigenvalue weighted by Gasteiger charge is 2.27. The minimum absolute atomic E-state index is 0.855. The number of nitrogens with zero attached hydrogens (tertiary/aromatic N) is 1. The van der Waals surface area contributed by atoms with E-state index in [2.05, 4.69) is 15.7 Å². The molecule has 2 saturated carbocycles. The molecule has 2 unspecified atom stereocenters. The molecule has 0 saturated heterocycles. The minimum atomic E-state index is 0.855. The second kappa shape index (κ2) is 6.16. The molecule has 2 nitrogen and oxygen atoms in total. The lowest BCUT2D eigenvalue weighted by Gasteiger charge is -2.25. The van der Waals surface area contributed by atoms with Crippen molar-refractivity contribution in [2.75, 3.05) is 6.54 Å². The molecular formula is C15H24N2S. The van der Waals surface area contributed by atoms with E-state index < -0.39 is 0 Å². The summed E-state index contributed by atoms with van der Waals surface area (Å²) in [6.07, 6.45) is 13.1. The van der Waals surface area contributed by atoms with Gasteiger partial charge in [-0.25, -0.2) is 4.98 Å². The first kappa shape index (κ1) is 12.6. The van der Waals surface area contributed by atoms with E-state index in [9.17, 15) is 0 Å². The van der Waals surface area contributed by atoms with E-state index >= 15 is 0 Å². The van der Waals surface area contributed by atoms with Gasteiger partial charge in [0.2, 0.25) is 0 Å².